The highest BCUT2D eigenvalue weighted by Crippen LogP contribution is 2.29. The monoisotopic (exact) mass is 536 g/mol. The molecular formula is C26H36N2O8S. The van der Waals surface area contributed by atoms with Crippen LogP contribution in [0.4, 0.5) is 5.69 Å². The van der Waals surface area contributed by atoms with Crippen LogP contribution in [0.2, 0.25) is 0 Å². The maximum Gasteiger partial charge on any atom is 0.344 e. The number of hydrogen-bond donors (Lipinski definition) is 4. The Bertz CT molecular complexity index is 1160. The maximum absolute atomic E-state index is 12.0. The fraction of sp³-hybridized carbons (Fsp3) is 0.500. The van der Waals surface area contributed by atoms with Crippen molar-refractivity contribution in [2.24, 2.45) is 0 Å². The zero-order valence-corrected chi connectivity index (χ0v) is 22.1. The van der Waals surface area contributed by atoms with Crippen LogP contribution in [0, 0.1) is 0 Å². The van der Waals surface area contributed by atoms with E-state index in [2.05, 4.69) is 10.0 Å². The van der Waals surface area contributed by atoms with Gasteiger partial charge in [-0.3, -0.25) is 4.72 Å². The summed E-state index contributed by atoms with van der Waals surface area (Å²) < 4.78 is 42.4. The van der Waals surface area contributed by atoms with Gasteiger partial charge in [-0.15, -0.1) is 0 Å². The molecule has 2 aromatic rings. The van der Waals surface area contributed by atoms with Crippen molar-refractivity contribution >= 4 is 21.7 Å². The molecule has 11 heteroatoms. The number of esters is 1. The van der Waals surface area contributed by atoms with E-state index in [1.54, 1.807) is 13.8 Å². The lowest BCUT2D eigenvalue weighted by Gasteiger charge is -2.27. The minimum atomic E-state index is -3.56. The van der Waals surface area contributed by atoms with Crippen molar-refractivity contribution in [1.82, 2.24) is 5.32 Å². The molecule has 0 heterocycles. The Balaban J connectivity index is 1.47. The van der Waals surface area contributed by atoms with Gasteiger partial charge in [0.25, 0.3) is 0 Å². The number of phenols is 1. The van der Waals surface area contributed by atoms with Crippen molar-refractivity contribution in [3.05, 3.63) is 47.5 Å². The second-order valence-electron chi connectivity index (χ2n) is 8.94. The van der Waals surface area contributed by atoms with Crippen LogP contribution in [0.25, 0.3) is 0 Å². The SMILES string of the molecule is CCCS(=O)(=O)Nc1cc(OC[C@@H](O)CN[C@H]2CCc3ccc(OCC(=O)OCC)cc3C2)ccc1O. The quantitative estimate of drug-likeness (QED) is 0.211. The van der Waals surface area contributed by atoms with E-state index in [0.717, 1.165) is 24.8 Å². The van der Waals surface area contributed by atoms with Crippen molar-refractivity contribution in [2.75, 3.05) is 36.8 Å². The lowest BCUT2D eigenvalue weighted by atomic mass is 9.88. The number of aryl methyl sites for hydroxylation is 1. The van der Waals surface area contributed by atoms with Gasteiger partial charge in [0.1, 0.15) is 30.0 Å². The molecule has 3 rings (SSSR count). The molecule has 37 heavy (non-hydrogen) atoms. The summed E-state index contributed by atoms with van der Waals surface area (Å²) in [6, 6.07) is 10.2. The molecule has 0 aliphatic heterocycles. The molecule has 0 aromatic heterocycles. The van der Waals surface area contributed by atoms with Gasteiger partial charge >= 0.3 is 5.97 Å². The van der Waals surface area contributed by atoms with E-state index >= 15 is 0 Å². The van der Waals surface area contributed by atoms with E-state index in [1.165, 1.54) is 23.8 Å². The summed E-state index contributed by atoms with van der Waals surface area (Å²) in [6.45, 7) is 3.99. The summed E-state index contributed by atoms with van der Waals surface area (Å²) in [6.07, 6.45) is 2.22. The zero-order chi connectivity index (χ0) is 26.8. The third-order valence-corrected chi connectivity index (χ3v) is 7.34. The normalized spacial score (nSPS) is 15.9. The second kappa shape index (κ2) is 13.5. The van der Waals surface area contributed by atoms with Gasteiger partial charge in [0.2, 0.25) is 10.0 Å². The fourth-order valence-electron chi connectivity index (χ4n) is 4.07. The third-order valence-electron chi connectivity index (χ3n) is 5.86. The van der Waals surface area contributed by atoms with Crippen LogP contribution >= 0.6 is 0 Å². The summed E-state index contributed by atoms with van der Waals surface area (Å²) in [4.78, 5) is 11.5. The highest BCUT2D eigenvalue weighted by atomic mass is 32.2. The van der Waals surface area contributed by atoms with Crippen LogP contribution < -0.4 is 19.5 Å². The molecule has 0 unspecified atom stereocenters. The van der Waals surface area contributed by atoms with Gasteiger partial charge in [-0.05, 0) is 68.0 Å². The average Bonchev–Trinajstić information content (AvgIpc) is 2.86. The first-order valence-electron chi connectivity index (χ1n) is 12.5. The Hall–Kier alpha value is -3.02. The molecule has 0 fully saturated rings. The van der Waals surface area contributed by atoms with Crippen LogP contribution in [0.3, 0.4) is 0 Å². The highest BCUT2D eigenvalue weighted by Gasteiger charge is 2.20. The first-order chi connectivity index (χ1) is 17.7. The van der Waals surface area contributed by atoms with Gasteiger partial charge in [-0.1, -0.05) is 13.0 Å². The Morgan fingerprint density at radius 2 is 1.86 bits per heavy atom. The van der Waals surface area contributed by atoms with E-state index in [-0.39, 0.29) is 36.4 Å². The van der Waals surface area contributed by atoms with Gasteiger partial charge in [-0.25, -0.2) is 13.2 Å². The van der Waals surface area contributed by atoms with E-state index in [9.17, 15) is 23.4 Å². The Labute approximate surface area is 218 Å². The van der Waals surface area contributed by atoms with Gasteiger partial charge in [-0.2, -0.15) is 0 Å². The summed E-state index contributed by atoms with van der Waals surface area (Å²) >= 11 is 0. The molecule has 1 aliphatic rings. The number of anilines is 1. The van der Waals surface area contributed by atoms with Crippen molar-refractivity contribution in [1.29, 1.82) is 0 Å². The molecule has 0 amide bonds. The Morgan fingerprint density at radius 3 is 2.62 bits per heavy atom. The molecule has 10 nitrogen and oxygen atoms in total. The number of phenolic OH excluding ortho intramolecular Hbond substituents is 1. The summed E-state index contributed by atoms with van der Waals surface area (Å²) in [5.74, 6) is 0.271. The van der Waals surface area contributed by atoms with Gasteiger partial charge in [0.05, 0.1) is 18.0 Å². The number of aliphatic hydroxyl groups is 1. The molecular weight excluding hydrogens is 500 g/mol. The molecule has 0 saturated carbocycles. The number of carbonyl (C=O) groups excluding carboxylic acids is 1. The number of aliphatic hydroxyl groups excluding tert-OH is 1. The van der Waals surface area contributed by atoms with Crippen LogP contribution in [-0.2, 0) is 32.4 Å². The van der Waals surface area contributed by atoms with E-state index in [1.807, 2.05) is 18.2 Å². The maximum atomic E-state index is 12.0. The minimum absolute atomic E-state index is 0.00587. The minimum Gasteiger partial charge on any atom is -0.506 e. The average molecular weight is 537 g/mol. The first-order valence-corrected chi connectivity index (χ1v) is 14.1. The molecule has 2 atom stereocenters. The first kappa shape index (κ1) is 28.5. The van der Waals surface area contributed by atoms with Gasteiger partial charge < -0.3 is 29.7 Å². The largest absolute Gasteiger partial charge is 0.506 e. The Morgan fingerprint density at radius 1 is 1.11 bits per heavy atom. The number of rotatable bonds is 14. The smallest absolute Gasteiger partial charge is 0.344 e. The van der Waals surface area contributed by atoms with Crippen molar-refractivity contribution in [3.63, 3.8) is 0 Å². The summed E-state index contributed by atoms with van der Waals surface area (Å²) in [5, 5.41) is 23.8. The summed E-state index contributed by atoms with van der Waals surface area (Å²) in [5.41, 5.74) is 2.41. The van der Waals surface area contributed by atoms with E-state index in [4.69, 9.17) is 14.2 Å². The number of benzene rings is 2. The summed E-state index contributed by atoms with van der Waals surface area (Å²) in [7, 11) is -3.56. The lowest BCUT2D eigenvalue weighted by Crippen LogP contribution is -2.40. The number of nitrogens with one attached hydrogen (secondary N) is 2. The number of ether oxygens (including phenoxy) is 3. The molecule has 0 radical (unpaired) electrons. The zero-order valence-electron chi connectivity index (χ0n) is 21.2. The molecule has 204 valence electrons. The number of fused-ring (bicyclic) bond motifs is 1. The third kappa shape index (κ3) is 9.10. The Kier molecular flexibility index (Phi) is 10.4. The number of sulfonamides is 1. The van der Waals surface area contributed by atoms with Crippen LogP contribution in [0.1, 0.15) is 37.8 Å². The van der Waals surface area contributed by atoms with Crippen LogP contribution in [0.5, 0.6) is 17.2 Å². The van der Waals surface area contributed by atoms with Crippen molar-refractivity contribution < 1.29 is 37.6 Å². The standard InChI is InChI=1S/C26H36N2O8S/c1-3-11-37(32,33)28-24-14-23(9-10-25(24)30)35-16-21(29)15-27-20-7-5-18-6-8-22(13-19(18)12-20)36-17-26(31)34-4-2/h6,8-10,13-14,20-21,27-30H,3-5,7,11-12,15-17H2,1-2H3/t20-,21-/m0/s1. The van der Waals surface area contributed by atoms with Gasteiger partial charge in [0, 0.05) is 18.7 Å². The van der Waals surface area contributed by atoms with Crippen LogP contribution in [0.15, 0.2) is 36.4 Å². The number of hydrogen-bond acceptors (Lipinski definition) is 9. The van der Waals surface area contributed by atoms with Gasteiger partial charge in [0.15, 0.2) is 6.61 Å². The lowest BCUT2D eigenvalue weighted by molar-refractivity contribution is -0.145. The topological polar surface area (TPSA) is 143 Å². The fourth-order valence-corrected chi connectivity index (χ4v) is 5.21. The number of aromatic hydroxyl groups is 1. The molecule has 0 bridgehead atoms. The van der Waals surface area contributed by atoms with E-state index < -0.39 is 22.1 Å². The molecule has 4 N–H and O–H groups in total. The predicted octanol–water partition coefficient (Wildman–Crippen LogP) is 2.37. The predicted molar refractivity (Wildman–Crippen MR) is 140 cm³/mol. The van der Waals surface area contributed by atoms with E-state index in [0.29, 0.717) is 31.1 Å². The van der Waals surface area contributed by atoms with Crippen molar-refractivity contribution in [2.45, 2.75) is 51.7 Å². The highest BCUT2D eigenvalue weighted by molar-refractivity contribution is 7.92. The molecule has 1 aliphatic carbocycles. The molecule has 0 saturated heterocycles. The molecule has 0 spiro atoms. The van der Waals surface area contributed by atoms with Crippen LogP contribution in [-0.4, -0.2) is 68.9 Å². The van der Waals surface area contributed by atoms with Crippen molar-refractivity contribution in [3.8, 4) is 17.2 Å². The molecule has 2 aromatic carbocycles. The number of carbonyl (C=O) groups is 1. The second-order valence-corrected chi connectivity index (χ2v) is 10.8.